The van der Waals surface area contributed by atoms with Gasteiger partial charge in [-0.1, -0.05) is 87.0 Å². The second-order valence-electron chi connectivity index (χ2n) is 18.4. The summed E-state index contributed by atoms with van der Waals surface area (Å²) in [5.74, 6) is -0.248. The fourth-order valence-corrected chi connectivity index (χ4v) is 8.89. The van der Waals surface area contributed by atoms with Crippen molar-refractivity contribution in [2.75, 3.05) is 55.1 Å². The van der Waals surface area contributed by atoms with Crippen molar-refractivity contribution in [3.63, 3.8) is 0 Å². The number of nitrogens with zero attached hydrogens (tertiary/aromatic N) is 6. The van der Waals surface area contributed by atoms with E-state index in [-0.39, 0.29) is 56.6 Å². The van der Waals surface area contributed by atoms with Crippen LogP contribution in [0.4, 0.5) is 17.3 Å². The molecule has 5 aromatic rings. The number of β-amino-alcohol motifs (C(OH)–C–C–N with tert-alkyl or cyclic N) is 1. The van der Waals surface area contributed by atoms with Crippen LogP contribution >= 0.6 is 11.3 Å². The molecule has 2 saturated heterocycles. The van der Waals surface area contributed by atoms with Crippen molar-refractivity contribution in [2.45, 2.75) is 91.5 Å². The lowest BCUT2D eigenvalue weighted by Gasteiger charge is -2.35. The normalized spacial score (nSPS) is 16.6. The number of hydrogen-bond donors (Lipinski definition) is 5. The van der Waals surface area contributed by atoms with Crippen molar-refractivity contribution in [3.05, 3.63) is 112 Å². The first-order chi connectivity index (χ1) is 33.2. The molecule has 0 radical (unpaired) electrons. The minimum atomic E-state index is -0.970. The summed E-state index contributed by atoms with van der Waals surface area (Å²) in [6.07, 6.45) is 1.86. The summed E-state index contributed by atoms with van der Waals surface area (Å²) < 4.78 is 11.6. The Labute approximate surface area is 407 Å². The topological polar surface area (TPSA) is 213 Å². The Morgan fingerprint density at radius 2 is 1.70 bits per heavy atom. The molecule has 3 atom stereocenters. The minimum Gasteiger partial charge on any atom is -0.463 e. The Balaban J connectivity index is 0.849. The number of aromatic nitrogens is 3. The minimum absolute atomic E-state index is 0.0113. The average molecular weight is 959 g/mol. The smallest absolute Gasteiger partial charge is 0.320 e. The van der Waals surface area contributed by atoms with Crippen LogP contribution < -0.4 is 31.0 Å². The van der Waals surface area contributed by atoms with Crippen molar-refractivity contribution in [3.8, 4) is 16.5 Å². The molecule has 0 bridgehead atoms. The summed E-state index contributed by atoms with van der Waals surface area (Å²) in [4.78, 5) is 71.8. The number of thiazole rings is 1. The van der Waals surface area contributed by atoms with Crippen molar-refractivity contribution in [1.29, 1.82) is 0 Å². The standard InChI is InChI=1S/C51H62N10O7S/c1-33-8-6-9-37(26-33)30-54-59-42-28-43(60-21-24-67-25-22-60)57-50(56-42)68-23-20-35-14-18-39(19-15-35)55-44(63)10-7-11-45(64)58-47(51(3,4)5)49(66)61-31-40(62)27-41(61)48(65)52-29-36-12-16-38(17-13-36)46-34(2)53-32-69-46/h6,8-9,12-19,26,28,30,32,40-41,47,62H,7,10-11,20-25,27,29,31H2,1-5H3,(H,52,65)(H,55,63)(H,58,64)(H,56,57,59)/b54-30+/t40-,41+,47-/m1/s1. The number of benzene rings is 3. The first-order valence-electron chi connectivity index (χ1n) is 23.3. The van der Waals surface area contributed by atoms with Crippen LogP contribution in [0, 0.1) is 19.3 Å². The van der Waals surface area contributed by atoms with Gasteiger partial charge in [-0.25, -0.2) is 4.98 Å². The van der Waals surface area contributed by atoms with Crippen LogP contribution in [0.25, 0.3) is 10.4 Å². The van der Waals surface area contributed by atoms with E-state index in [0.29, 0.717) is 56.7 Å². The Kier molecular flexibility index (Phi) is 17.1. The van der Waals surface area contributed by atoms with Crippen LogP contribution in [0.15, 0.2) is 89.5 Å². The Morgan fingerprint density at radius 1 is 0.957 bits per heavy atom. The van der Waals surface area contributed by atoms with Crippen molar-refractivity contribution in [1.82, 2.24) is 30.5 Å². The van der Waals surface area contributed by atoms with Crippen LogP contribution in [0.3, 0.4) is 0 Å². The molecule has 0 aliphatic carbocycles. The molecule has 0 saturated carbocycles. The van der Waals surface area contributed by atoms with E-state index in [4.69, 9.17) is 9.47 Å². The van der Waals surface area contributed by atoms with E-state index in [1.54, 1.807) is 17.6 Å². The molecule has 0 unspecified atom stereocenters. The zero-order chi connectivity index (χ0) is 48.9. The number of likely N-dealkylation sites (tertiary alicyclic amines) is 1. The number of aliphatic hydroxyl groups excluding tert-OH is 1. The molecule has 2 fully saturated rings. The summed E-state index contributed by atoms with van der Waals surface area (Å²) in [6.45, 7) is 12.6. The number of carbonyl (C=O) groups excluding carboxylic acids is 4. The van der Waals surface area contributed by atoms with Crippen LogP contribution in [-0.4, -0.2) is 112 Å². The Bertz CT molecular complexity index is 2570. The molecule has 17 nitrogen and oxygen atoms in total. The maximum Gasteiger partial charge on any atom is 0.320 e. The first kappa shape index (κ1) is 50.1. The first-order valence-corrected chi connectivity index (χ1v) is 24.2. The number of anilines is 3. The fourth-order valence-electron chi connectivity index (χ4n) is 8.07. The van der Waals surface area contributed by atoms with Crippen LogP contribution in [0.1, 0.15) is 74.4 Å². The maximum atomic E-state index is 14.1. The summed E-state index contributed by atoms with van der Waals surface area (Å²) in [6, 6.07) is 23.5. The van der Waals surface area contributed by atoms with Gasteiger partial charge in [0.15, 0.2) is 5.82 Å². The molecule has 3 aromatic carbocycles. The van der Waals surface area contributed by atoms with E-state index in [1.165, 1.54) is 4.90 Å². The SMILES string of the molecule is Cc1cccc(/C=N/Nc2cc(N3CCOCC3)nc(OCCc3ccc(NC(=O)CCCC(=O)N[C@H](C(=O)N4C[C@H](O)C[C@H]4C(=O)NCc4ccc(-c5scnc5C)cc4)C(C)(C)C)cc3)n2)c1. The maximum absolute atomic E-state index is 14.1. The van der Waals surface area contributed by atoms with Gasteiger partial charge >= 0.3 is 6.01 Å². The highest BCUT2D eigenvalue weighted by molar-refractivity contribution is 7.13. The van der Waals surface area contributed by atoms with E-state index in [2.05, 4.69) is 46.3 Å². The Morgan fingerprint density at radius 3 is 2.41 bits per heavy atom. The molecule has 2 aliphatic rings. The van der Waals surface area contributed by atoms with E-state index < -0.39 is 35.4 Å². The van der Waals surface area contributed by atoms with E-state index in [0.717, 1.165) is 38.4 Å². The number of hydrazone groups is 1. The van der Waals surface area contributed by atoms with Crippen LogP contribution in [0.5, 0.6) is 6.01 Å². The summed E-state index contributed by atoms with van der Waals surface area (Å²) in [7, 11) is 0. The lowest BCUT2D eigenvalue weighted by molar-refractivity contribution is -0.144. The number of amides is 4. The van der Waals surface area contributed by atoms with Gasteiger partial charge in [-0.3, -0.25) is 24.6 Å². The molecule has 2 aromatic heterocycles. The number of carbonyl (C=O) groups is 4. The summed E-state index contributed by atoms with van der Waals surface area (Å²) in [5.41, 5.74) is 10.7. The summed E-state index contributed by atoms with van der Waals surface area (Å²) >= 11 is 1.57. The average Bonchev–Trinajstić information content (AvgIpc) is 3.95. The lowest BCUT2D eigenvalue weighted by Crippen LogP contribution is -2.57. The third-order valence-corrected chi connectivity index (χ3v) is 12.8. The number of ether oxygens (including phenoxy) is 2. The molecule has 5 N–H and O–H groups in total. The third-order valence-electron chi connectivity index (χ3n) is 11.8. The molecule has 7 rings (SSSR count). The lowest BCUT2D eigenvalue weighted by atomic mass is 9.85. The third kappa shape index (κ3) is 14.4. The molecule has 2 aliphatic heterocycles. The fraction of sp³-hybridized carbons (Fsp3) is 0.412. The number of aryl methyl sites for hydroxylation is 2. The molecule has 0 spiro atoms. The second kappa shape index (κ2) is 23.5. The van der Waals surface area contributed by atoms with Crippen LogP contribution in [0.2, 0.25) is 0 Å². The van der Waals surface area contributed by atoms with E-state index >= 15 is 0 Å². The summed E-state index contributed by atoms with van der Waals surface area (Å²) in [5, 5.41) is 23.7. The van der Waals surface area contributed by atoms with Gasteiger partial charge in [0.05, 0.1) is 48.2 Å². The molecule has 4 amide bonds. The highest BCUT2D eigenvalue weighted by atomic mass is 32.1. The Hall–Kier alpha value is -6.76. The molecular weight excluding hydrogens is 897 g/mol. The monoisotopic (exact) mass is 958 g/mol. The number of morpholine rings is 1. The zero-order valence-electron chi connectivity index (χ0n) is 39.9. The quantitative estimate of drug-likeness (QED) is 0.0474. The molecule has 364 valence electrons. The highest BCUT2D eigenvalue weighted by Gasteiger charge is 2.44. The molecule has 4 heterocycles. The number of hydrogen-bond acceptors (Lipinski definition) is 14. The number of rotatable bonds is 19. The van der Waals surface area contributed by atoms with Gasteiger partial charge in [0.2, 0.25) is 23.6 Å². The molecule has 69 heavy (non-hydrogen) atoms. The largest absolute Gasteiger partial charge is 0.463 e. The zero-order valence-corrected chi connectivity index (χ0v) is 40.7. The number of aliphatic hydroxyl groups is 1. The highest BCUT2D eigenvalue weighted by Crippen LogP contribution is 2.29. The second-order valence-corrected chi connectivity index (χ2v) is 19.3. The van der Waals surface area contributed by atoms with Gasteiger partial charge in [-0.2, -0.15) is 15.1 Å². The van der Waals surface area contributed by atoms with Gasteiger partial charge < -0.3 is 40.3 Å². The van der Waals surface area contributed by atoms with Gasteiger partial charge in [0, 0.05) is 63.6 Å². The van der Waals surface area contributed by atoms with Gasteiger partial charge in [0.1, 0.15) is 17.9 Å². The van der Waals surface area contributed by atoms with E-state index in [9.17, 15) is 24.3 Å². The molecule has 18 heteroatoms. The van der Waals surface area contributed by atoms with Gasteiger partial charge in [0.25, 0.3) is 0 Å². The van der Waals surface area contributed by atoms with Crippen LogP contribution in [-0.2, 0) is 36.9 Å². The van der Waals surface area contributed by atoms with Crippen molar-refractivity contribution in [2.24, 2.45) is 10.5 Å². The van der Waals surface area contributed by atoms with Crippen molar-refractivity contribution < 1.29 is 33.8 Å². The predicted octanol–water partition coefficient (Wildman–Crippen LogP) is 6.04. The number of nitrogens with one attached hydrogen (secondary N) is 4. The van der Waals surface area contributed by atoms with Crippen molar-refractivity contribution >= 4 is 58.5 Å². The predicted molar refractivity (Wildman–Crippen MR) is 267 cm³/mol. The van der Waals surface area contributed by atoms with Gasteiger partial charge in [-0.15, -0.1) is 11.3 Å². The van der Waals surface area contributed by atoms with E-state index in [1.807, 2.05) is 119 Å². The van der Waals surface area contributed by atoms with Gasteiger partial charge in [-0.05, 0) is 60.1 Å². The molecular formula is C51H62N10O7S.